The fraction of sp³-hybridized carbons (Fsp3) is 0.176. The Morgan fingerprint density at radius 3 is 2.67 bits per heavy atom. The number of nitrogens with zero attached hydrogens (tertiary/aromatic N) is 1. The zero-order valence-electron chi connectivity index (χ0n) is 13.1. The zero-order valence-corrected chi connectivity index (χ0v) is 16.3. The summed E-state index contributed by atoms with van der Waals surface area (Å²) in [6.07, 6.45) is 1.43. The van der Waals surface area contributed by atoms with Crippen LogP contribution in [0.25, 0.3) is 0 Å². The molecule has 0 atom stereocenters. The normalized spacial score (nSPS) is 10.8. The molecule has 0 spiro atoms. The molecule has 2 aromatic rings. The summed E-state index contributed by atoms with van der Waals surface area (Å²) in [5, 5.41) is 13.5. The van der Waals surface area contributed by atoms with Gasteiger partial charge < -0.3 is 9.84 Å². The summed E-state index contributed by atoms with van der Waals surface area (Å²) in [5.74, 6) is 0.351. The van der Waals surface area contributed by atoms with E-state index >= 15 is 0 Å². The lowest BCUT2D eigenvalue weighted by Crippen LogP contribution is -2.24. The molecule has 5 nitrogen and oxygen atoms in total. The number of rotatable bonds is 5. The predicted molar refractivity (Wildman–Crippen MR) is 101 cm³/mol. The van der Waals surface area contributed by atoms with Crippen molar-refractivity contribution in [2.45, 2.75) is 13.8 Å². The number of hydrogen-bond acceptors (Lipinski definition) is 4. The van der Waals surface area contributed by atoms with E-state index in [0.717, 1.165) is 10.0 Å². The van der Waals surface area contributed by atoms with Crippen molar-refractivity contribution in [3.05, 3.63) is 56.0 Å². The summed E-state index contributed by atoms with van der Waals surface area (Å²) in [6.45, 7) is 3.86. The topological polar surface area (TPSA) is 70.9 Å². The van der Waals surface area contributed by atoms with E-state index in [9.17, 15) is 9.90 Å². The number of phenolic OH excluding ortho intramolecular Hbond substituents is 1. The van der Waals surface area contributed by atoms with Crippen molar-refractivity contribution in [3.8, 4) is 11.5 Å². The standard InChI is InChI=1S/C17H16Br2N2O3/c1-10-3-4-13(5-11(10)2)24-9-17(23)21-20-8-12-6-16(22)15(19)7-14(12)18/h3-8,22H,9H2,1-2H3,(H,21,23)/b20-8+. The maximum atomic E-state index is 11.7. The maximum absolute atomic E-state index is 11.7. The number of aromatic hydroxyl groups is 1. The number of phenols is 1. The minimum Gasteiger partial charge on any atom is -0.507 e. The Bertz CT molecular complexity index is 792. The van der Waals surface area contributed by atoms with Crippen LogP contribution in [0.4, 0.5) is 0 Å². The highest BCUT2D eigenvalue weighted by molar-refractivity contribution is 9.11. The Hall–Kier alpha value is -1.86. The lowest BCUT2D eigenvalue weighted by molar-refractivity contribution is -0.123. The molecular weight excluding hydrogens is 440 g/mol. The number of halogens is 2. The number of carbonyl (C=O) groups is 1. The van der Waals surface area contributed by atoms with Gasteiger partial charge in [-0.2, -0.15) is 5.10 Å². The van der Waals surface area contributed by atoms with E-state index in [1.165, 1.54) is 17.8 Å². The van der Waals surface area contributed by atoms with Crippen LogP contribution in [0.2, 0.25) is 0 Å². The predicted octanol–water partition coefficient (Wildman–Crippen LogP) is 4.06. The third kappa shape index (κ3) is 5.07. The average molecular weight is 456 g/mol. The van der Waals surface area contributed by atoms with Gasteiger partial charge in [0.2, 0.25) is 0 Å². The number of hydrogen-bond donors (Lipinski definition) is 2. The second kappa shape index (κ2) is 8.30. The van der Waals surface area contributed by atoms with E-state index < -0.39 is 0 Å². The number of hydrazone groups is 1. The van der Waals surface area contributed by atoms with Crippen LogP contribution in [0.5, 0.6) is 11.5 Å². The fourth-order valence-electron chi connectivity index (χ4n) is 1.81. The SMILES string of the molecule is Cc1ccc(OCC(=O)N/N=C/c2cc(O)c(Br)cc2Br)cc1C. The molecule has 0 fully saturated rings. The van der Waals surface area contributed by atoms with Gasteiger partial charge in [-0.15, -0.1) is 0 Å². The first kappa shape index (κ1) is 18.5. The van der Waals surface area contributed by atoms with Crippen LogP contribution in [0, 0.1) is 13.8 Å². The van der Waals surface area contributed by atoms with Crippen molar-refractivity contribution < 1.29 is 14.6 Å². The Kier molecular flexibility index (Phi) is 6.39. The number of benzene rings is 2. The van der Waals surface area contributed by atoms with Crippen molar-refractivity contribution >= 4 is 44.0 Å². The minimum atomic E-state index is -0.373. The molecule has 2 N–H and O–H groups in total. The Balaban J connectivity index is 1.89. The molecule has 0 aliphatic carbocycles. The Morgan fingerprint density at radius 1 is 1.21 bits per heavy atom. The van der Waals surface area contributed by atoms with Gasteiger partial charge in [0.15, 0.2) is 6.61 Å². The molecule has 126 valence electrons. The highest BCUT2D eigenvalue weighted by Gasteiger charge is 2.05. The highest BCUT2D eigenvalue weighted by atomic mass is 79.9. The summed E-state index contributed by atoms with van der Waals surface area (Å²) in [7, 11) is 0. The molecular formula is C17H16Br2N2O3. The molecule has 0 saturated heterocycles. The Morgan fingerprint density at radius 2 is 1.96 bits per heavy atom. The molecule has 0 unspecified atom stereocenters. The lowest BCUT2D eigenvalue weighted by Gasteiger charge is -2.07. The number of carbonyl (C=O) groups excluding carboxylic acids is 1. The zero-order chi connectivity index (χ0) is 17.7. The maximum Gasteiger partial charge on any atom is 0.277 e. The van der Waals surface area contributed by atoms with Crippen molar-refractivity contribution in [1.29, 1.82) is 0 Å². The van der Waals surface area contributed by atoms with Gasteiger partial charge in [-0.05, 0) is 65.2 Å². The van der Waals surface area contributed by atoms with Crippen molar-refractivity contribution in [2.75, 3.05) is 6.61 Å². The van der Waals surface area contributed by atoms with Crippen LogP contribution in [0.1, 0.15) is 16.7 Å². The van der Waals surface area contributed by atoms with Crippen LogP contribution in [-0.2, 0) is 4.79 Å². The van der Waals surface area contributed by atoms with Gasteiger partial charge >= 0.3 is 0 Å². The van der Waals surface area contributed by atoms with Gasteiger partial charge in [0.05, 0.1) is 10.7 Å². The second-order valence-electron chi connectivity index (χ2n) is 5.15. The molecule has 7 heteroatoms. The monoisotopic (exact) mass is 454 g/mol. The molecule has 1 amide bonds. The first-order chi connectivity index (χ1) is 11.4. The summed E-state index contributed by atoms with van der Waals surface area (Å²) >= 11 is 6.57. The summed E-state index contributed by atoms with van der Waals surface area (Å²) in [5.41, 5.74) is 5.28. The summed E-state index contributed by atoms with van der Waals surface area (Å²) in [6, 6.07) is 8.86. The average Bonchev–Trinajstić information content (AvgIpc) is 2.53. The van der Waals surface area contributed by atoms with E-state index in [0.29, 0.717) is 15.8 Å². The quantitative estimate of drug-likeness (QED) is 0.527. The van der Waals surface area contributed by atoms with Gasteiger partial charge in [0, 0.05) is 10.0 Å². The van der Waals surface area contributed by atoms with E-state index in [-0.39, 0.29) is 18.3 Å². The minimum absolute atomic E-state index is 0.0871. The molecule has 2 aromatic carbocycles. The van der Waals surface area contributed by atoms with Gasteiger partial charge in [-0.3, -0.25) is 4.79 Å². The molecule has 0 saturated carbocycles. The molecule has 0 aliphatic rings. The van der Waals surface area contributed by atoms with Gasteiger partial charge in [0.1, 0.15) is 11.5 Å². The lowest BCUT2D eigenvalue weighted by atomic mass is 10.1. The summed E-state index contributed by atoms with van der Waals surface area (Å²) < 4.78 is 6.72. The third-order valence-electron chi connectivity index (χ3n) is 3.31. The molecule has 24 heavy (non-hydrogen) atoms. The number of amides is 1. The highest BCUT2D eigenvalue weighted by Crippen LogP contribution is 2.29. The first-order valence-electron chi connectivity index (χ1n) is 7.07. The van der Waals surface area contributed by atoms with Crippen LogP contribution < -0.4 is 10.2 Å². The Labute approximate surface area is 157 Å². The first-order valence-corrected chi connectivity index (χ1v) is 8.65. The number of nitrogens with one attached hydrogen (secondary N) is 1. The van der Waals surface area contributed by atoms with E-state index in [2.05, 4.69) is 42.4 Å². The van der Waals surface area contributed by atoms with Crippen LogP contribution in [0.15, 0.2) is 44.4 Å². The van der Waals surface area contributed by atoms with Crippen LogP contribution in [0.3, 0.4) is 0 Å². The molecule has 0 bridgehead atoms. The second-order valence-corrected chi connectivity index (χ2v) is 6.86. The van der Waals surface area contributed by atoms with Gasteiger partial charge in [-0.25, -0.2) is 5.43 Å². The fourth-order valence-corrected chi connectivity index (χ4v) is 2.91. The number of aryl methyl sites for hydroxylation is 2. The van der Waals surface area contributed by atoms with Gasteiger partial charge in [0.25, 0.3) is 5.91 Å². The molecule has 0 radical (unpaired) electrons. The van der Waals surface area contributed by atoms with Crippen molar-refractivity contribution in [1.82, 2.24) is 5.43 Å². The molecule has 0 aliphatic heterocycles. The molecule has 2 rings (SSSR count). The molecule has 0 heterocycles. The number of ether oxygens (including phenoxy) is 1. The largest absolute Gasteiger partial charge is 0.507 e. The molecule has 0 aromatic heterocycles. The summed E-state index contributed by atoms with van der Waals surface area (Å²) in [4.78, 5) is 11.7. The van der Waals surface area contributed by atoms with Crippen LogP contribution in [-0.4, -0.2) is 23.8 Å². The van der Waals surface area contributed by atoms with E-state index in [1.807, 2.05) is 32.0 Å². The van der Waals surface area contributed by atoms with Gasteiger partial charge in [-0.1, -0.05) is 22.0 Å². The smallest absolute Gasteiger partial charge is 0.277 e. The third-order valence-corrected chi connectivity index (χ3v) is 4.63. The van der Waals surface area contributed by atoms with Crippen LogP contribution >= 0.6 is 31.9 Å². The van der Waals surface area contributed by atoms with E-state index in [1.54, 1.807) is 6.07 Å². The van der Waals surface area contributed by atoms with E-state index in [4.69, 9.17) is 4.74 Å². The van der Waals surface area contributed by atoms with Crippen molar-refractivity contribution in [2.24, 2.45) is 5.10 Å². The van der Waals surface area contributed by atoms with Crippen molar-refractivity contribution in [3.63, 3.8) is 0 Å².